The Morgan fingerprint density at radius 3 is 2.77 bits per heavy atom. The largest absolute Gasteiger partial charge is 0.419 e. The van der Waals surface area contributed by atoms with Crippen LogP contribution in [-0.2, 0) is 11.6 Å². The molecule has 5 rings (SSSR count). The highest BCUT2D eigenvalue weighted by atomic mass is 19.4. The van der Waals surface area contributed by atoms with Gasteiger partial charge in [0.25, 0.3) is 0 Å². The van der Waals surface area contributed by atoms with Crippen LogP contribution in [0.3, 0.4) is 0 Å². The predicted octanol–water partition coefficient (Wildman–Crippen LogP) is 5.52. The highest BCUT2D eigenvalue weighted by Gasteiger charge is 2.58. The number of aliphatic hydroxyl groups excluding tert-OH is 1. The fourth-order valence-corrected chi connectivity index (χ4v) is 6.64. The molecule has 1 heterocycles. The van der Waals surface area contributed by atoms with Gasteiger partial charge in [0.2, 0.25) is 0 Å². The van der Waals surface area contributed by atoms with Crippen LogP contribution in [-0.4, -0.2) is 59.3 Å². The molecule has 0 radical (unpaired) electrons. The zero-order chi connectivity index (χ0) is 27.8. The molecule has 1 saturated heterocycles. The maximum Gasteiger partial charge on any atom is 0.419 e. The summed E-state index contributed by atoms with van der Waals surface area (Å²) in [4.78, 5) is 17.4. The maximum atomic E-state index is 13.8. The quantitative estimate of drug-likeness (QED) is 0.450. The number of amides is 2. The topological polar surface area (TPSA) is 79.6 Å². The number of nitrogens with zero attached hydrogens (tertiary/aromatic N) is 3. The average Bonchev–Trinajstić information content (AvgIpc) is 3.49. The third kappa shape index (κ3) is 5.61. The number of carbonyl (C=O) groups is 1. The minimum absolute atomic E-state index is 0.00100. The molecule has 39 heavy (non-hydrogen) atoms. The van der Waals surface area contributed by atoms with Crippen molar-refractivity contribution in [3.8, 4) is 6.07 Å². The van der Waals surface area contributed by atoms with Gasteiger partial charge in [-0.1, -0.05) is 12.1 Å². The lowest BCUT2D eigenvalue weighted by Crippen LogP contribution is -2.49. The number of nitriles is 1. The average molecular weight is 545 g/mol. The first kappa shape index (κ1) is 27.4. The first-order valence-electron chi connectivity index (χ1n) is 13.4. The summed E-state index contributed by atoms with van der Waals surface area (Å²) >= 11 is 0. The lowest BCUT2D eigenvalue weighted by atomic mass is 9.80. The van der Waals surface area contributed by atoms with Crippen molar-refractivity contribution in [3.63, 3.8) is 0 Å². The Morgan fingerprint density at radius 2 is 2.05 bits per heavy atom. The van der Waals surface area contributed by atoms with E-state index in [4.69, 9.17) is 0 Å². The van der Waals surface area contributed by atoms with E-state index in [-0.39, 0.29) is 29.8 Å². The van der Waals surface area contributed by atoms with Gasteiger partial charge in [0, 0.05) is 30.9 Å². The molecular formula is C29H32F4N4O2. The molecule has 1 aliphatic heterocycles. The molecule has 0 bridgehead atoms. The second-order valence-electron chi connectivity index (χ2n) is 11.0. The van der Waals surface area contributed by atoms with Crippen molar-refractivity contribution in [1.29, 1.82) is 5.26 Å². The zero-order valence-corrected chi connectivity index (χ0v) is 21.6. The number of rotatable bonds is 7. The molecule has 3 aliphatic rings. The molecule has 2 aliphatic carbocycles. The van der Waals surface area contributed by atoms with E-state index in [1.54, 1.807) is 11.0 Å². The third-order valence-corrected chi connectivity index (χ3v) is 8.84. The summed E-state index contributed by atoms with van der Waals surface area (Å²) in [5, 5.41) is 21.6. The van der Waals surface area contributed by atoms with Crippen LogP contribution in [0.4, 0.5) is 28.0 Å². The van der Waals surface area contributed by atoms with Crippen molar-refractivity contribution in [2.24, 2.45) is 5.92 Å². The monoisotopic (exact) mass is 544 g/mol. The Balaban J connectivity index is 1.33. The van der Waals surface area contributed by atoms with Crippen LogP contribution in [0.2, 0.25) is 0 Å². The van der Waals surface area contributed by atoms with E-state index >= 15 is 0 Å². The lowest BCUT2D eigenvalue weighted by Gasteiger charge is -2.38. The number of hydrogen-bond acceptors (Lipinski definition) is 4. The number of aliphatic hydroxyl groups is 1. The number of carbonyl (C=O) groups excluding carboxylic acids is 1. The van der Waals surface area contributed by atoms with E-state index in [9.17, 15) is 32.7 Å². The second-order valence-corrected chi connectivity index (χ2v) is 11.0. The molecule has 3 fully saturated rings. The van der Waals surface area contributed by atoms with Crippen LogP contribution in [0, 0.1) is 23.1 Å². The fourth-order valence-electron chi connectivity index (χ4n) is 6.64. The number of likely N-dealkylation sites (tertiary alicyclic amines) is 1. The van der Waals surface area contributed by atoms with Gasteiger partial charge in [-0.25, -0.2) is 9.18 Å². The number of benzene rings is 2. The lowest BCUT2D eigenvalue weighted by molar-refractivity contribution is -0.139. The number of hydrogen-bond donors (Lipinski definition) is 2. The second kappa shape index (κ2) is 10.8. The first-order valence-corrected chi connectivity index (χ1v) is 13.4. The number of halogens is 4. The Kier molecular flexibility index (Phi) is 7.57. The standard InChI is InChI=1S/C29H32F4N4O2/c30-26-7-6-22(15-25(26)29(31,32)33)35-27(39)37(12-11-36-10-2-5-24(36)18-38)23-8-9-28(16-21(28)14-23)20-4-1-3-19(13-20)17-34/h1,3-4,6-7,13,15,21,23-24,38H,2,5,8-12,14,16,18H2,(H,35,39)/t21?,23-,24+,28-/m1/s1. The highest BCUT2D eigenvalue weighted by Crippen LogP contribution is 2.62. The van der Waals surface area contributed by atoms with Crippen LogP contribution < -0.4 is 5.32 Å². The van der Waals surface area contributed by atoms with Crippen LogP contribution in [0.15, 0.2) is 42.5 Å². The van der Waals surface area contributed by atoms with Crippen molar-refractivity contribution in [2.75, 3.05) is 31.6 Å². The van der Waals surface area contributed by atoms with Gasteiger partial charge < -0.3 is 15.3 Å². The Morgan fingerprint density at radius 1 is 1.23 bits per heavy atom. The number of anilines is 1. The highest BCUT2D eigenvalue weighted by molar-refractivity contribution is 5.89. The summed E-state index contributed by atoms with van der Waals surface area (Å²) in [6.45, 7) is 1.77. The van der Waals surface area contributed by atoms with E-state index in [0.717, 1.165) is 56.7 Å². The van der Waals surface area contributed by atoms with Gasteiger partial charge in [-0.2, -0.15) is 18.4 Å². The van der Waals surface area contributed by atoms with E-state index in [0.29, 0.717) is 36.7 Å². The van der Waals surface area contributed by atoms with Gasteiger partial charge in [-0.05, 0) is 92.3 Å². The van der Waals surface area contributed by atoms with Crippen LogP contribution in [0.5, 0.6) is 0 Å². The van der Waals surface area contributed by atoms with Gasteiger partial charge in [0.05, 0.1) is 23.8 Å². The van der Waals surface area contributed by atoms with E-state index < -0.39 is 23.6 Å². The van der Waals surface area contributed by atoms with Gasteiger partial charge in [0.15, 0.2) is 0 Å². The van der Waals surface area contributed by atoms with E-state index in [2.05, 4.69) is 22.4 Å². The first-order chi connectivity index (χ1) is 18.6. The number of urea groups is 1. The van der Waals surface area contributed by atoms with E-state index in [1.165, 1.54) is 0 Å². The Labute approximate surface area is 225 Å². The molecule has 2 aromatic rings. The molecule has 2 amide bonds. The SMILES string of the molecule is N#Cc1cccc([C@]23CC[C@@H](N(CCN4CCC[C@H]4CO)C(=O)Nc4ccc(F)c(C(F)(F)F)c4)CC2C3)c1. The smallest absolute Gasteiger partial charge is 0.395 e. The number of alkyl halides is 3. The Bertz CT molecular complexity index is 1260. The molecule has 0 aromatic heterocycles. The normalized spacial score (nSPS) is 26.5. The van der Waals surface area contributed by atoms with Crippen molar-refractivity contribution in [1.82, 2.24) is 9.80 Å². The third-order valence-electron chi connectivity index (χ3n) is 8.84. The predicted molar refractivity (Wildman–Crippen MR) is 137 cm³/mol. The van der Waals surface area contributed by atoms with Crippen LogP contribution in [0.1, 0.15) is 55.2 Å². The van der Waals surface area contributed by atoms with Gasteiger partial charge in [-0.3, -0.25) is 4.90 Å². The molecule has 208 valence electrons. The van der Waals surface area contributed by atoms with Crippen LogP contribution in [0.25, 0.3) is 0 Å². The van der Waals surface area contributed by atoms with Crippen molar-refractivity contribution in [2.45, 2.75) is 62.2 Å². The van der Waals surface area contributed by atoms with Gasteiger partial charge >= 0.3 is 12.2 Å². The van der Waals surface area contributed by atoms with E-state index in [1.807, 2.05) is 12.1 Å². The minimum Gasteiger partial charge on any atom is -0.395 e. The molecular weight excluding hydrogens is 512 g/mol. The summed E-state index contributed by atoms with van der Waals surface area (Å²) in [5.41, 5.74) is 0.237. The molecule has 1 unspecified atom stereocenters. The molecule has 0 spiro atoms. The minimum atomic E-state index is -4.87. The summed E-state index contributed by atoms with van der Waals surface area (Å²) < 4.78 is 53.5. The number of nitrogens with one attached hydrogen (secondary N) is 1. The molecule has 10 heteroatoms. The summed E-state index contributed by atoms with van der Waals surface area (Å²) in [6.07, 6.45) is 0.267. The molecule has 2 aromatic carbocycles. The van der Waals surface area contributed by atoms with Crippen molar-refractivity contribution >= 4 is 11.7 Å². The molecule has 6 nitrogen and oxygen atoms in total. The summed E-state index contributed by atoms with van der Waals surface area (Å²) in [5.74, 6) is -1.04. The Hall–Kier alpha value is -3.16. The van der Waals surface area contributed by atoms with Gasteiger partial charge in [-0.15, -0.1) is 0 Å². The fraction of sp³-hybridized carbons (Fsp3) is 0.517. The van der Waals surface area contributed by atoms with Gasteiger partial charge in [0.1, 0.15) is 5.82 Å². The molecule has 2 N–H and O–H groups in total. The van der Waals surface area contributed by atoms with Crippen LogP contribution >= 0.6 is 0 Å². The zero-order valence-electron chi connectivity index (χ0n) is 21.6. The van der Waals surface area contributed by atoms with Crippen molar-refractivity contribution in [3.05, 3.63) is 65.0 Å². The molecule has 4 atom stereocenters. The summed E-state index contributed by atoms with van der Waals surface area (Å²) in [7, 11) is 0. The number of fused-ring (bicyclic) bond motifs is 1. The van der Waals surface area contributed by atoms with Crippen molar-refractivity contribution < 1.29 is 27.5 Å². The molecule has 2 saturated carbocycles. The summed E-state index contributed by atoms with van der Waals surface area (Å²) in [6, 6.07) is 11.8. The maximum absolute atomic E-state index is 13.8.